The molecule has 2 aromatic heterocycles. The number of aromatic nitrogens is 2. The lowest BCUT2D eigenvalue weighted by molar-refractivity contribution is -0.922. The van der Waals surface area contributed by atoms with Gasteiger partial charge in [-0.15, -0.1) is 10.2 Å². The van der Waals surface area contributed by atoms with Crippen molar-refractivity contribution in [2.75, 3.05) is 18.8 Å². The van der Waals surface area contributed by atoms with Gasteiger partial charge in [-0.05, 0) is 31.0 Å². The van der Waals surface area contributed by atoms with E-state index in [2.05, 4.69) is 29.1 Å². The van der Waals surface area contributed by atoms with Gasteiger partial charge >= 0.3 is 0 Å². The SMILES string of the molecule is CCC[NH+](CCC)Cn1c(O)c(N=NC(=O)CSc2nc3ccccc3o2)c2ccccc21. The Morgan fingerprint density at radius 1 is 1.12 bits per heavy atom. The number of rotatable bonds is 10. The third-order valence-corrected chi connectivity index (χ3v) is 6.17. The highest BCUT2D eigenvalue weighted by Gasteiger charge is 2.20. The molecule has 172 valence electrons. The summed E-state index contributed by atoms with van der Waals surface area (Å²) in [6, 6.07) is 15.1. The van der Waals surface area contributed by atoms with Crippen LogP contribution in [0.2, 0.25) is 0 Å². The average Bonchev–Trinajstić information content (AvgIpc) is 3.35. The molecule has 0 atom stereocenters. The second-order valence-electron chi connectivity index (χ2n) is 7.86. The Hall–Kier alpha value is -3.17. The number of oxazole rings is 1. The molecule has 8 nitrogen and oxygen atoms in total. The Kier molecular flexibility index (Phi) is 7.41. The Morgan fingerprint density at radius 2 is 1.85 bits per heavy atom. The van der Waals surface area contributed by atoms with Crippen LogP contribution in [0.15, 0.2) is 68.4 Å². The third kappa shape index (κ3) is 5.26. The summed E-state index contributed by atoms with van der Waals surface area (Å²) < 4.78 is 7.48. The molecule has 1 amide bonds. The number of quaternary nitrogens is 1. The molecule has 0 radical (unpaired) electrons. The minimum absolute atomic E-state index is 0.0315. The van der Waals surface area contributed by atoms with Gasteiger partial charge in [-0.1, -0.05) is 55.9 Å². The number of benzene rings is 2. The molecule has 2 N–H and O–H groups in total. The number of thioether (sulfide) groups is 1. The minimum atomic E-state index is -0.428. The molecule has 0 bridgehead atoms. The van der Waals surface area contributed by atoms with Gasteiger partial charge in [-0.3, -0.25) is 9.36 Å². The molecular weight excluding hydrogens is 438 g/mol. The van der Waals surface area contributed by atoms with E-state index in [0.29, 0.717) is 23.2 Å². The first-order valence-electron chi connectivity index (χ1n) is 11.2. The van der Waals surface area contributed by atoms with Gasteiger partial charge in [0.1, 0.15) is 5.52 Å². The molecule has 0 aliphatic rings. The van der Waals surface area contributed by atoms with Gasteiger partial charge in [-0.25, -0.2) is 4.98 Å². The lowest BCUT2D eigenvalue weighted by atomic mass is 10.2. The largest absolute Gasteiger partial charge is 0.493 e. The Balaban J connectivity index is 1.51. The summed E-state index contributed by atoms with van der Waals surface area (Å²) in [5.74, 6) is -0.354. The summed E-state index contributed by atoms with van der Waals surface area (Å²) in [6.45, 7) is 6.98. The van der Waals surface area contributed by atoms with Crippen molar-refractivity contribution in [2.45, 2.75) is 38.6 Å². The van der Waals surface area contributed by atoms with Gasteiger partial charge in [-0.2, -0.15) is 0 Å². The number of carbonyl (C=O) groups excluding carboxylic acids is 1. The van der Waals surface area contributed by atoms with Crippen LogP contribution in [-0.2, 0) is 11.5 Å². The highest BCUT2D eigenvalue weighted by Crippen LogP contribution is 2.38. The monoisotopic (exact) mass is 466 g/mol. The molecule has 2 heterocycles. The second-order valence-corrected chi connectivity index (χ2v) is 8.78. The van der Waals surface area contributed by atoms with Crippen molar-refractivity contribution >= 4 is 45.4 Å². The smallest absolute Gasteiger partial charge is 0.275 e. The summed E-state index contributed by atoms with van der Waals surface area (Å²) in [6.07, 6.45) is 2.13. The summed E-state index contributed by atoms with van der Waals surface area (Å²) in [5.41, 5.74) is 2.61. The van der Waals surface area contributed by atoms with Crippen molar-refractivity contribution in [3.63, 3.8) is 0 Å². The molecule has 0 spiro atoms. The fourth-order valence-corrected chi connectivity index (χ4v) is 4.53. The first kappa shape index (κ1) is 23.0. The molecule has 4 rings (SSSR count). The highest BCUT2D eigenvalue weighted by atomic mass is 32.2. The van der Waals surface area contributed by atoms with Crippen molar-refractivity contribution in [1.29, 1.82) is 0 Å². The third-order valence-electron chi connectivity index (χ3n) is 5.36. The first-order chi connectivity index (χ1) is 16.1. The number of para-hydroxylation sites is 3. The summed E-state index contributed by atoms with van der Waals surface area (Å²) in [4.78, 5) is 18.1. The number of hydrogen-bond donors (Lipinski definition) is 2. The van der Waals surface area contributed by atoms with Gasteiger partial charge < -0.3 is 14.4 Å². The average molecular weight is 467 g/mol. The molecular formula is C24H28N5O3S+. The van der Waals surface area contributed by atoms with E-state index in [0.717, 1.165) is 42.4 Å². The standard InChI is InChI=1S/C24H27N5O3S/c1-3-13-28(14-4-2)16-29-19-11-7-5-9-17(19)22(23(29)31)27-26-21(30)15-33-24-25-18-10-6-8-12-20(18)32-24/h5-12,31H,3-4,13-16H2,1-2H3/p+1. The van der Waals surface area contributed by atoms with E-state index in [1.54, 1.807) is 0 Å². The predicted molar refractivity (Wildman–Crippen MR) is 129 cm³/mol. The zero-order chi connectivity index (χ0) is 23.2. The Bertz CT molecular complexity index is 1240. The number of carbonyl (C=O) groups is 1. The van der Waals surface area contributed by atoms with Crippen LogP contribution in [0, 0.1) is 0 Å². The molecule has 0 aliphatic carbocycles. The van der Waals surface area contributed by atoms with E-state index in [1.165, 1.54) is 16.7 Å². The molecule has 0 saturated heterocycles. The normalized spacial score (nSPS) is 12.0. The lowest BCUT2D eigenvalue weighted by Gasteiger charge is -2.19. The molecule has 4 aromatic rings. The van der Waals surface area contributed by atoms with Crippen molar-refractivity contribution in [1.82, 2.24) is 9.55 Å². The minimum Gasteiger partial charge on any atom is -0.493 e. The van der Waals surface area contributed by atoms with E-state index >= 15 is 0 Å². The molecule has 0 aliphatic heterocycles. The van der Waals surface area contributed by atoms with Crippen molar-refractivity contribution in [2.24, 2.45) is 10.2 Å². The van der Waals surface area contributed by atoms with Crippen LogP contribution in [0.5, 0.6) is 5.88 Å². The Morgan fingerprint density at radius 3 is 2.61 bits per heavy atom. The lowest BCUT2D eigenvalue weighted by Crippen LogP contribution is -3.11. The number of nitrogens with one attached hydrogen (secondary N) is 1. The summed E-state index contributed by atoms with van der Waals surface area (Å²) in [7, 11) is 0. The number of amides is 1. The molecule has 0 fully saturated rings. The number of nitrogens with zero attached hydrogens (tertiary/aromatic N) is 4. The van der Waals surface area contributed by atoms with Gasteiger partial charge in [0, 0.05) is 5.39 Å². The fourth-order valence-electron chi connectivity index (χ4n) is 3.92. The fraction of sp³-hybridized carbons (Fsp3) is 0.333. The zero-order valence-electron chi connectivity index (χ0n) is 18.8. The van der Waals surface area contributed by atoms with E-state index in [-0.39, 0.29) is 11.6 Å². The maximum absolute atomic E-state index is 12.4. The van der Waals surface area contributed by atoms with Gasteiger partial charge in [0.25, 0.3) is 11.1 Å². The molecule has 33 heavy (non-hydrogen) atoms. The maximum atomic E-state index is 12.4. The first-order valence-corrected chi connectivity index (χ1v) is 12.2. The molecule has 0 saturated carbocycles. The maximum Gasteiger partial charge on any atom is 0.275 e. The van der Waals surface area contributed by atoms with Crippen LogP contribution >= 0.6 is 11.8 Å². The highest BCUT2D eigenvalue weighted by molar-refractivity contribution is 7.99. The van der Waals surface area contributed by atoms with Crippen molar-refractivity contribution in [3.8, 4) is 5.88 Å². The van der Waals surface area contributed by atoms with Crippen LogP contribution in [0.1, 0.15) is 26.7 Å². The Labute approximate surface area is 196 Å². The molecule has 2 aromatic carbocycles. The molecule has 9 heteroatoms. The van der Waals surface area contributed by atoms with E-state index < -0.39 is 5.91 Å². The van der Waals surface area contributed by atoms with Crippen LogP contribution in [0.25, 0.3) is 22.0 Å². The topological polar surface area (TPSA) is 97.4 Å². The van der Waals surface area contributed by atoms with Crippen LogP contribution < -0.4 is 4.90 Å². The van der Waals surface area contributed by atoms with Gasteiger partial charge in [0.2, 0.25) is 5.88 Å². The number of fused-ring (bicyclic) bond motifs is 2. The van der Waals surface area contributed by atoms with Gasteiger partial charge in [0.15, 0.2) is 17.9 Å². The van der Waals surface area contributed by atoms with Crippen molar-refractivity contribution < 1.29 is 19.2 Å². The number of azo groups is 1. The second kappa shape index (κ2) is 10.6. The quantitative estimate of drug-likeness (QED) is 0.264. The van der Waals surface area contributed by atoms with E-state index in [1.807, 2.05) is 53.1 Å². The van der Waals surface area contributed by atoms with Crippen LogP contribution in [0.4, 0.5) is 5.69 Å². The van der Waals surface area contributed by atoms with Crippen molar-refractivity contribution in [3.05, 3.63) is 48.5 Å². The zero-order valence-corrected chi connectivity index (χ0v) is 19.6. The van der Waals surface area contributed by atoms with E-state index in [9.17, 15) is 9.90 Å². The number of aromatic hydroxyl groups is 1. The molecule has 0 unspecified atom stereocenters. The van der Waals surface area contributed by atoms with Crippen LogP contribution in [0.3, 0.4) is 0 Å². The van der Waals surface area contributed by atoms with E-state index in [4.69, 9.17) is 4.42 Å². The number of hydrogen-bond acceptors (Lipinski definition) is 6. The summed E-state index contributed by atoms with van der Waals surface area (Å²) in [5, 5.41) is 20.1. The van der Waals surface area contributed by atoms with Crippen LogP contribution in [-0.4, -0.2) is 39.4 Å². The predicted octanol–water partition coefficient (Wildman–Crippen LogP) is 4.55. The summed E-state index contributed by atoms with van der Waals surface area (Å²) >= 11 is 1.17. The van der Waals surface area contributed by atoms with Gasteiger partial charge in [0.05, 0.1) is 24.4 Å².